The molecule has 3 aromatic carbocycles. The van der Waals surface area contributed by atoms with E-state index in [9.17, 15) is 4.79 Å². The fourth-order valence-corrected chi connectivity index (χ4v) is 5.47. The lowest BCUT2D eigenvalue weighted by molar-refractivity contribution is -0.130. The van der Waals surface area contributed by atoms with Gasteiger partial charge in [0, 0.05) is 22.0 Å². The zero-order valence-electron chi connectivity index (χ0n) is 20.1. The van der Waals surface area contributed by atoms with Gasteiger partial charge >= 0.3 is 0 Å². The summed E-state index contributed by atoms with van der Waals surface area (Å²) in [6.07, 6.45) is 0. The Balaban J connectivity index is 1.61. The summed E-state index contributed by atoms with van der Waals surface area (Å²) in [7, 11) is 1.60. The Kier molecular flexibility index (Phi) is 6.40. The molecule has 2 bridgehead atoms. The number of methoxy groups -OCH3 is 1. The number of carbonyl (C=O) groups excluding carboxylic acids is 1. The molecule has 2 aliphatic heterocycles. The van der Waals surface area contributed by atoms with Crippen molar-refractivity contribution in [3.63, 3.8) is 0 Å². The van der Waals surface area contributed by atoms with Crippen LogP contribution in [0.25, 0.3) is 0 Å². The number of ether oxygens (including phenoxy) is 3. The average Bonchev–Trinajstić information content (AvgIpc) is 2.86. The first-order valence-electron chi connectivity index (χ1n) is 11.6. The van der Waals surface area contributed by atoms with E-state index in [4.69, 9.17) is 38.0 Å². The fraction of sp³-hybridized carbons (Fsp3) is 0.259. The van der Waals surface area contributed by atoms with E-state index in [1.807, 2.05) is 61.2 Å². The van der Waals surface area contributed by atoms with Crippen molar-refractivity contribution in [2.75, 3.05) is 23.9 Å². The molecular formula is C27H26ClN3O4S. The minimum absolute atomic E-state index is 0.218. The maximum Gasteiger partial charge on any atom is 0.236 e. The first-order valence-corrected chi connectivity index (χ1v) is 12.4. The van der Waals surface area contributed by atoms with Crippen LogP contribution in [0.1, 0.15) is 25.5 Å². The quantitative estimate of drug-likeness (QED) is 0.411. The van der Waals surface area contributed by atoms with Crippen LogP contribution in [0.15, 0.2) is 66.7 Å². The number of rotatable bonds is 6. The van der Waals surface area contributed by atoms with Crippen molar-refractivity contribution in [2.45, 2.75) is 25.6 Å². The summed E-state index contributed by atoms with van der Waals surface area (Å²) in [5.41, 5.74) is 1.03. The highest BCUT2D eigenvalue weighted by Crippen LogP contribution is 2.52. The van der Waals surface area contributed by atoms with Crippen molar-refractivity contribution >= 4 is 46.2 Å². The maximum absolute atomic E-state index is 13.9. The van der Waals surface area contributed by atoms with Crippen LogP contribution in [0, 0.1) is 5.92 Å². The summed E-state index contributed by atoms with van der Waals surface area (Å²) in [5.74, 6) is 1.01. The minimum Gasteiger partial charge on any atom is -0.494 e. The number of amides is 1. The zero-order chi connectivity index (χ0) is 25.4. The van der Waals surface area contributed by atoms with E-state index in [1.54, 1.807) is 31.4 Å². The second-order valence-corrected chi connectivity index (χ2v) is 9.52. The number of hydrogen-bond acceptors (Lipinski definition) is 5. The largest absolute Gasteiger partial charge is 0.494 e. The third-order valence-corrected chi connectivity index (χ3v) is 7.06. The summed E-state index contributed by atoms with van der Waals surface area (Å²) in [6, 6.07) is 19.7. The number of halogens is 1. The third-order valence-electron chi connectivity index (χ3n) is 6.51. The van der Waals surface area contributed by atoms with E-state index >= 15 is 0 Å². The highest BCUT2D eigenvalue weighted by molar-refractivity contribution is 7.80. The fourth-order valence-electron chi connectivity index (χ4n) is 4.93. The molecule has 7 nitrogen and oxygen atoms in total. The SMILES string of the molecule is CCOc1ccc(N2C(=S)NC3c4cccc(OC)c4OC2(C)C3C(=O)Nc2ccc(Cl)cc2)cc1. The summed E-state index contributed by atoms with van der Waals surface area (Å²) >= 11 is 11.9. The number of carbonyl (C=O) groups is 1. The van der Waals surface area contributed by atoms with E-state index < -0.39 is 17.7 Å². The third kappa shape index (κ3) is 4.10. The van der Waals surface area contributed by atoms with Gasteiger partial charge in [-0.3, -0.25) is 9.69 Å². The van der Waals surface area contributed by atoms with Gasteiger partial charge in [0.15, 0.2) is 22.3 Å². The second-order valence-electron chi connectivity index (χ2n) is 8.70. The zero-order valence-corrected chi connectivity index (χ0v) is 21.7. The topological polar surface area (TPSA) is 72.1 Å². The molecule has 1 amide bonds. The molecule has 2 heterocycles. The van der Waals surface area contributed by atoms with E-state index in [2.05, 4.69) is 10.6 Å². The molecular weight excluding hydrogens is 498 g/mol. The van der Waals surface area contributed by atoms with Gasteiger partial charge in [0.05, 0.1) is 19.8 Å². The molecule has 0 aromatic heterocycles. The van der Waals surface area contributed by atoms with Gasteiger partial charge in [-0.15, -0.1) is 0 Å². The standard InChI is InChI=1S/C27H26ClN3O4S/c1-4-34-19-14-12-18(13-15-19)31-26(36)30-23-20-6-5-7-21(33-3)24(20)35-27(31,2)22(23)25(32)29-17-10-8-16(28)9-11-17/h5-15,22-23H,4H2,1-3H3,(H,29,32)(H,30,36). The summed E-state index contributed by atoms with van der Waals surface area (Å²) in [6.45, 7) is 4.38. The van der Waals surface area contributed by atoms with Crippen LogP contribution in [-0.2, 0) is 4.79 Å². The number of thiocarbonyl (C=S) groups is 1. The van der Waals surface area contributed by atoms with Crippen LogP contribution in [0.2, 0.25) is 5.02 Å². The molecule has 36 heavy (non-hydrogen) atoms. The molecule has 2 aliphatic rings. The van der Waals surface area contributed by atoms with Crippen molar-refractivity contribution in [1.29, 1.82) is 0 Å². The Morgan fingerprint density at radius 2 is 1.89 bits per heavy atom. The Labute approximate surface area is 220 Å². The first-order chi connectivity index (χ1) is 17.4. The number of nitrogens with zero attached hydrogens (tertiary/aromatic N) is 1. The van der Waals surface area contributed by atoms with Crippen LogP contribution < -0.4 is 29.7 Å². The van der Waals surface area contributed by atoms with Crippen LogP contribution >= 0.6 is 23.8 Å². The Morgan fingerprint density at radius 3 is 2.56 bits per heavy atom. The summed E-state index contributed by atoms with van der Waals surface area (Å²) in [5, 5.41) is 7.47. The van der Waals surface area contributed by atoms with E-state index in [1.165, 1.54) is 0 Å². The number of para-hydroxylation sites is 1. The molecule has 2 N–H and O–H groups in total. The van der Waals surface area contributed by atoms with Gasteiger partial charge in [0.25, 0.3) is 0 Å². The lowest BCUT2D eigenvalue weighted by Crippen LogP contribution is -2.72. The number of nitrogens with one attached hydrogen (secondary N) is 2. The summed E-state index contributed by atoms with van der Waals surface area (Å²) < 4.78 is 17.9. The van der Waals surface area contributed by atoms with Gasteiger partial charge in [0.2, 0.25) is 5.91 Å². The lowest BCUT2D eigenvalue weighted by Gasteiger charge is -2.56. The monoisotopic (exact) mass is 523 g/mol. The van der Waals surface area contributed by atoms with Crippen LogP contribution in [0.5, 0.6) is 17.2 Å². The second kappa shape index (κ2) is 9.52. The van der Waals surface area contributed by atoms with E-state index in [-0.39, 0.29) is 5.91 Å². The van der Waals surface area contributed by atoms with Gasteiger partial charge < -0.3 is 24.8 Å². The van der Waals surface area contributed by atoms with Crippen LogP contribution in [0.3, 0.4) is 0 Å². The normalized spacial score (nSPS) is 22.1. The van der Waals surface area contributed by atoms with Gasteiger partial charge in [-0.05, 0) is 80.7 Å². The lowest BCUT2D eigenvalue weighted by atomic mass is 9.78. The van der Waals surface area contributed by atoms with Crippen molar-refractivity contribution in [3.8, 4) is 17.2 Å². The highest BCUT2D eigenvalue weighted by atomic mass is 35.5. The molecule has 0 saturated carbocycles. The van der Waals surface area contributed by atoms with Crippen molar-refractivity contribution in [2.24, 2.45) is 5.92 Å². The number of anilines is 2. The van der Waals surface area contributed by atoms with Gasteiger partial charge in [-0.2, -0.15) is 0 Å². The minimum atomic E-state index is -1.17. The number of hydrogen-bond donors (Lipinski definition) is 2. The smallest absolute Gasteiger partial charge is 0.236 e. The van der Waals surface area contributed by atoms with Crippen LogP contribution in [0.4, 0.5) is 11.4 Å². The van der Waals surface area contributed by atoms with Crippen molar-refractivity contribution in [3.05, 3.63) is 77.3 Å². The first kappa shape index (κ1) is 24.2. The molecule has 0 spiro atoms. The van der Waals surface area contributed by atoms with E-state index in [0.717, 1.165) is 17.0 Å². The molecule has 186 valence electrons. The maximum atomic E-state index is 13.9. The highest BCUT2D eigenvalue weighted by Gasteiger charge is 2.59. The molecule has 1 saturated heterocycles. The van der Waals surface area contributed by atoms with Gasteiger partial charge in [-0.25, -0.2) is 0 Å². The predicted molar refractivity (Wildman–Crippen MR) is 144 cm³/mol. The molecule has 5 rings (SSSR count). The Hall–Kier alpha value is -3.49. The number of benzene rings is 3. The van der Waals surface area contributed by atoms with E-state index in [0.29, 0.717) is 33.9 Å². The molecule has 0 aliphatic carbocycles. The van der Waals surface area contributed by atoms with Crippen LogP contribution in [-0.4, -0.2) is 30.5 Å². The number of fused-ring (bicyclic) bond motifs is 4. The van der Waals surface area contributed by atoms with Crippen molar-refractivity contribution in [1.82, 2.24) is 5.32 Å². The Morgan fingerprint density at radius 1 is 1.17 bits per heavy atom. The predicted octanol–water partition coefficient (Wildman–Crippen LogP) is 5.55. The van der Waals surface area contributed by atoms with Crippen molar-refractivity contribution < 1.29 is 19.0 Å². The molecule has 0 radical (unpaired) electrons. The molecule has 9 heteroatoms. The molecule has 3 unspecified atom stereocenters. The van der Waals surface area contributed by atoms with Gasteiger partial charge in [-0.1, -0.05) is 23.7 Å². The molecule has 3 atom stereocenters. The molecule has 3 aromatic rings. The Bertz CT molecular complexity index is 1300. The van der Waals surface area contributed by atoms with Gasteiger partial charge in [0.1, 0.15) is 11.7 Å². The summed E-state index contributed by atoms with van der Waals surface area (Å²) in [4.78, 5) is 15.7. The molecule has 1 fully saturated rings. The average molecular weight is 524 g/mol.